The Morgan fingerprint density at radius 3 is 2.38 bits per heavy atom. The van der Waals surface area contributed by atoms with Gasteiger partial charge >= 0.3 is 0 Å². The van der Waals surface area contributed by atoms with Crippen LogP contribution in [0, 0.1) is 0 Å². The van der Waals surface area contributed by atoms with Crippen molar-refractivity contribution in [2.45, 2.75) is 12.6 Å². The molecule has 1 aliphatic heterocycles. The lowest BCUT2D eigenvalue weighted by Crippen LogP contribution is -2.50. The first-order valence-electron chi connectivity index (χ1n) is 9.78. The van der Waals surface area contributed by atoms with E-state index in [-0.39, 0.29) is 24.1 Å². The Balaban J connectivity index is 1.59. The lowest BCUT2D eigenvalue weighted by Gasteiger charge is -2.40. The van der Waals surface area contributed by atoms with Crippen molar-refractivity contribution in [1.29, 1.82) is 0 Å². The summed E-state index contributed by atoms with van der Waals surface area (Å²) in [6, 6.07) is 22.8. The van der Waals surface area contributed by atoms with E-state index in [1.54, 1.807) is 6.07 Å². The summed E-state index contributed by atoms with van der Waals surface area (Å²) in [4.78, 5) is 29.6. The Morgan fingerprint density at radius 1 is 0.966 bits per heavy atom. The number of aromatic nitrogens is 2. The number of hydrogen-bond donors (Lipinski definition) is 0. The van der Waals surface area contributed by atoms with Crippen LogP contribution < -0.4 is 5.56 Å². The highest BCUT2D eigenvalue weighted by molar-refractivity contribution is 5.76. The fourth-order valence-electron chi connectivity index (χ4n) is 3.72. The molecule has 6 nitrogen and oxygen atoms in total. The van der Waals surface area contributed by atoms with E-state index >= 15 is 0 Å². The van der Waals surface area contributed by atoms with Crippen LogP contribution in [0.5, 0.6) is 0 Å². The average Bonchev–Trinajstić information content (AvgIpc) is 2.76. The Morgan fingerprint density at radius 2 is 1.66 bits per heavy atom. The zero-order valence-corrected chi connectivity index (χ0v) is 16.4. The number of likely N-dealkylation sites (N-methyl/N-ethyl adjacent to an activating group) is 1. The molecule has 1 aromatic heterocycles. The summed E-state index contributed by atoms with van der Waals surface area (Å²) in [6.07, 6.45) is 0. The van der Waals surface area contributed by atoms with Crippen LogP contribution in [0.1, 0.15) is 11.6 Å². The minimum absolute atomic E-state index is 0.0320. The third-order valence-electron chi connectivity index (χ3n) is 5.31. The van der Waals surface area contributed by atoms with Gasteiger partial charge in [0.15, 0.2) is 0 Å². The van der Waals surface area contributed by atoms with Gasteiger partial charge < -0.3 is 9.80 Å². The molecule has 4 rings (SSSR count). The predicted octanol–water partition coefficient (Wildman–Crippen LogP) is 2.43. The van der Waals surface area contributed by atoms with Crippen LogP contribution in [0.15, 0.2) is 77.6 Å². The third kappa shape index (κ3) is 4.27. The van der Waals surface area contributed by atoms with Crippen LogP contribution in [0.2, 0.25) is 0 Å². The molecule has 2 heterocycles. The van der Waals surface area contributed by atoms with Gasteiger partial charge in [-0.15, -0.1) is 0 Å². The van der Waals surface area contributed by atoms with E-state index in [1.165, 1.54) is 10.7 Å². The first-order valence-corrected chi connectivity index (χ1v) is 9.78. The molecule has 0 bridgehead atoms. The zero-order valence-electron chi connectivity index (χ0n) is 16.4. The van der Waals surface area contributed by atoms with Crippen LogP contribution in [0.25, 0.3) is 11.3 Å². The predicted molar refractivity (Wildman–Crippen MR) is 112 cm³/mol. The molecule has 0 aliphatic carbocycles. The van der Waals surface area contributed by atoms with E-state index in [0.29, 0.717) is 12.2 Å². The van der Waals surface area contributed by atoms with E-state index in [4.69, 9.17) is 0 Å². The molecule has 0 spiro atoms. The minimum atomic E-state index is -0.275. The number of piperazine rings is 1. The molecule has 1 amide bonds. The molecule has 1 atom stereocenters. The van der Waals surface area contributed by atoms with E-state index < -0.39 is 0 Å². The molecule has 1 aliphatic rings. The number of hydrogen-bond acceptors (Lipinski definition) is 4. The van der Waals surface area contributed by atoms with Gasteiger partial charge in [0.2, 0.25) is 5.91 Å². The second-order valence-electron chi connectivity index (χ2n) is 7.36. The maximum absolute atomic E-state index is 13.2. The van der Waals surface area contributed by atoms with Gasteiger partial charge in [-0.2, -0.15) is 5.10 Å². The molecule has 6 heteroatoms. The number of carbonyl (C=O) groups excluding carboxylic acids is 1. The molecule has 148 valence electrons. The second-order valence-corrected chi connectivity index (χ2v) is 7.36. The second kappa shape index (κ2) is 8.41. The van der Waals surface area contributed by atoms with Crippen molar-refractivity contribution in [3.63, 3.8) is 0 Å². The van der Waals surface area contributed by atoms with Gasteiger partial charge in [-0.1, -0.05) is 60.7 Å². The minimum Gasteiger partial charge on any atom is -0.331 e. The normalized spacial score (nSPS) is 17.3. The van der Waals surface area contributed by atoms with E-state index in [1.807, 2.05) is 65.6 Å². The number of carbonyl (C=O) groups is 1. The molecule has 29 heavy (non-hydrogen) atoms. The van der Waals surface area contributed by atoms with Gasteiger partial charge in [-0.3, -0.25) is 9.59 Å². The van der Waals surface area contributed by atoms with Gasteiger partial charge in [-0.05, 0) is 18.7 Å². The fraction of sp³-hybridized carbons (Fsp3) is 0.261. The summed E-state index contributed by atoms with van der Waals surface area (Å²) >= 11 is 0. The lowest BCUT2D eigenvalue weighted by atomic mass is 10.0. The topological polar surface area (TPSA) is 58.4 Å². The third-order valence-corrected chi connectivity index (χ3v) is 5.31. The molecular weight excluding hydrogens is 364 g/mol. The maximum atomic E-state index is 13.2. The first-order chi connectivity index (χ1) is 14.1. The van der Waals surface area contributed by atoms with Crippen molar-refractivity contribution in [1.82, 2.24) is 19.6 Å². The summed E-state index contributed by atoms with van der Waals surface area (Å²) in [7, 11) is 2.06. The molecule has 0 radical (unpaired) electrons. The molecule has 3 aromatic rings. The van der Waals surface area contributed by atoms with Gasteiger partial charge in [0.25, 0.3) is 5.56 Å². The first kappa shape index (κ1) is 19.1. The maximum Gasteiger partial charge on any atom is 0.267 e. The van der Waals surface area contributed by atoms with E-state index in [9.17, 15) is 9.59 Å². The van der Waals surface area contributed by atoms with Crippen molar-refractivity contribution < 1.29 is 4.79 Å². The highest BCUT2D eigenvalue weighted by Crippen LogP contribution is 2.25. The van der Waals surface area contributed by atoms with Crippen molar-refractivity contribution in [3.05, 3.63) is 88.7 Å². The number of amides is 1. The number of benzene rings is 2. The van der Waals surface area contributed by atoms with Crippen molar-refractivity contribution in [3.8, 4) is 11.3 Å². The molecule has 0 unspecified atom stereocenters. The fourth-order valence-corrected chi connectivity index (χ4v) is 3.72. The summed E-state index contributed by atoms with van der Waals surface area (Å²) < 4.78 is 1.27. The van der Waals surface area contributed by atoms with E-state index in [2.05, 4.69) is 17.0 Å². The molecule has 0 saturated carbocycles. The Bertz CT molecular complexity index is 1030. The average molecular weight is 388 g/mol. The molecule has 2 aromatic carbocycles. The van der Waals surface area contributed by atoms with Gasteiger partial charge in [0.1, 0.15) is 6.54 Å². The Hall–Kier alpha value is -3.25. The quantitative estimate of drug-likeness (QED) is 0.689. The summed E-state index contributed by atoms with van der Waals surface area (Å²) in [5.74, 6) is -0.0910. The van der Waals surface area contributed by atoms with Crippen molar-refractivity contribution >= 4 is 5.91 Å². The molecule has 1 fully saturated rings. The Kier molecular flexibility index (Phi) is 5.53. The van der Waals surface area contributed by atoms with Crippen LogP contribution in [0.4, 0.5) is 0 Å². The van der Waals surface area contributed by atoms with Crippen LogP contribution in [-0.4, -0.2) is 52.2 Å². The van der Waals surface area contributed by atoms with E-state index in [0.717, 1.165) is 24.2 Å². The monoisotopic (exact) mass is 388 g/mol. The Labute approximate surface area is 170 Å². The standard InChI is InChI=1S/C23H24N4O2/c1-25-14-15-26(21(16-25)19-10-6-3-7-11-19)23(29)17-27-22(28)13-12-20(24-27)18-8-4-2-5-9-18/h2-13,21H,14-17H2,1H3/t21-/m0/s1. The van der Waals surface area contributed by atoms with Crippen molar-refractivity contribution in [2.75, 3.05) is 26.7 Å². The van der Waals surface area contributed by atoms with Crippen LogP contribution in [0.3, 0.4) is 0 Å². The lowest BCUT2D eigenvalue weighted by molar-refractivity contribution is -0.137. The van der Waals surface area contributed by atoms with Crippen LogP contribution in [-0.2, 0) is 11.3 Å². The number of nitrogens with zero attached hydrogens (tertiary/aromatic N) is 4. The highest BCUT2D eigenvalue weighted by Gasteiger charge is 2.30. The van der Waals surface area contributed by atoms with Gasteiger partial charge in [0, 0.05) is 31.3 Å². The van der Waals surface area contributed by atoms with Crippen molar-refractivity contribution in [2.24, 2.45) is 0 Å². The zero-order chi connectivity index (χ0) is 20.2. The smallest absolute Gasteiger partial charge is 0.267 e. The highest BCUT2D eigenvalue weighted by atomic mass is 16.2. The molecule has 1 saturated heterocycles. The van der Waals surface area contributed by atoms with Crippen LogP contribution >= 0.6 is 0 Å². The largest absolute Gasteiger partial charge is 0.331 e. The van der Waals surface area contributed by atoms with Gasteiger partial charge in [-0.25, -0.2) is 4.68 Å². The SMILES string of the molecule is CN1CCN(C(=O)Cn2nc(-c3ccccc3)ccc2=O)[C@H](c2ccccc2)C1. The summed E-state index contributed by atoms with van der Waals surface area (Å²) in [5.41, 5.74) is 2.42. The summed E-state index contributed by atoms with van der Waals surface area (Å²) in [5, 5.41) is 4.44. The van der Waals surface area contributed by atoms with Gasteiger partial charge in [0.05, 0.1) is 11.7 Å². The number of rotatable bonds is 4. The molecule has 0 N–H and O–H groups in total. The molecular formula is C23H24N4O2. The summed E-state index contributed by atoms with van der Waals surface area (Å²) in [6.45, 7) is 2.14.